The van der Waals surface area contributed by atoms with Gasteiger partial charge in [0.2, 0.25) is 0 Å². The number of carbonyl (C=O) groups is 2. The first-order valence-electron chi connectivity index (χ1n) is 9.49. The van der Waals surface area contributed by atoms with Crippen molar-refractivity contribution >= 4 is 23.7 Å². The Morgan fingerprint density at radius 3 is 2.14 bits per heavy atom. The predicted octanol–water partition coefficient (Wildman–Crippen LogP) is 4.98. The van der Waals surface area contributed by atoms with Gasteiger partial charge in [-0.25, -0.2) is 9.59 Å². The maximum atomic E-state index is 12.4. The van der Waals surface area contributed by atoms with Crippen molar-refractivity contribution in [3.05, 3.63) is 29.3 Å². The van der Waals surface area contributed by atoms with Crippen molar-refractivity contribution in [1.29, 1.82) is 0 Å². The Balaban J connectivity index is 2.69. The van der Waals surface area contributed by atoms with Crippen LogP contribution in [0.3, 0.4) is 0 Å². The van der Waals surface area contributed by atoms with Gasteiger partial charge in [0.15, 0.2) is 0 Å². The molecule has 0 bridgehead atoms. The van der Waals surface area contributed by atoms with E-state index >= 15 is 0 Å². The summed E-state index contributed by atoms with van der Waals surface area (Å²) in [7, 11) is 0. The molecule has 0 saturated carbocycles. The molecule has 1 N–H and O–H groups in total. The summed E-state index contributed by atoms with van der Waals surface area (Å²) < 4.78 is 16.7. The van der Waals surface area contributed by atoms with Gasteiger partial charge in [-0.3, -0.25) is 0 Å². The number of rotatable bonds is 8. The summed E-state index contributed by atoms with van der Waals surface area (Å²) in [4.78, 5) is 24.2. The molecular weight excluding hydrogens is 382 g/mol. The quantitative estimate of drug-likeness (QED) is 0.608. The van der Waals surface area contributed by atoms with E-state index in [1.165, 1.54) is 0 Å². The van der Waals surface area contributed by atoms with Gasteiger partial charge in [-0.1, -0.05) is 25.4 Å². The lowest BCUT2D eigenvalue weighted by Gasteiger charge is -2.28. The molecule has 0 radical (unpaired) electrons. The Hall–Kier alpha value is -1.95. The number of nitrogens with one attached hydrogen (secondary N) is 1. The largest absolute Gasteiger partial charge is 0.487 e. The number of hydrogen-bond donors (Lipinski definition) is 1. The maximum Gasteiger partial charge on any atom is 0.408 e. The molecule has 0 aliphatic rings. The lowest BCUT2D eigenvalue weighted by Crippen LogP contribution is -2.45. The molecule has 0 aliphatic carbocycles. The molecule has 0 aromatic heterocycles. The molecule has 1 amide bonds. The highest BCUT2D eigenvalue weighted by molar-refractivity contribution is 6.30. The first-order valence-corrected chi connectivity index (χ1v) is 9.87. The fourth-order valence-electron chi connectivity index (χ4n) is 2.39. The van der Waals surface area contributed by atoms with Gasteiger partial charge in [0, 0.05) is 5.02 Å². The molecule has 1 aromatic rings. The highest BCUT2D eigenvalue weighted by Gasteiger charge is 2.28. The summed E-state index contributed by atoms with van der Waals surface area (Å²) >= 11 is 5.91. The van der Waals surface area contributed by atoms with Crippen molar-refractivity contribution in [1.82, 2.24) is 5.32 Å². The Bertz CT molecular complexity index is 639. The number of hydrogen-bond acceptors (Lipinski definition) is 5. The lowest BCUT2D eigenvalue weighted by atomic mass is 10.0. The van der Waals surface area contributed by atoms with E-state index in [0.717, 1.165) is 0 Å². The highest BCUT2D eigenvalue weighted by Crippen LogP contribution is 2.22. The normalized spacial score (nSPS) is 14.8. The van der Waals surface area contributed by atoms with Gasteiger partial charge in [-0.05, 0) is 71.2 Å². The number of ether oxygens (including phenoxy) is 3. The number of benzene rings is 1. The van der Waals surface area contributed by atoms with Crippen molar-refractivity contribution in [2.45, 2.75) is 78.7 Å². The fourth-order valence-corrected chi connectivity index (χ4v) is 2.52. The molecule has 0 unspecified atom stereocenters. The van der Waals surface area contributed by atoms with Crippen molar-refractivity contribution in [3.8, 4) is 5.75 Å². The zero-order valence-electron chi connectivity index (χ0n) is 17.7. The minimum atomic E-state index is -0.840. The number of halogens is 1. The van der Waals surface area contributed by atoms with Gasteiger partial charge in [0.1, 0.15) is 29.6 Å². The summed E-state index contributed by atoms with van der Waals surface area (Å²) in [5, 5.41) is 3.11. The Morgan fingerprint density at radius 1 is 1.07 bits per heavy atom. The minimum Gasteiger partial charge on any atom is -0.487 e. The third-order valence-electron chi connectivity index (χ3n) is 3.72. The maximum absolute atomic E-state index is 12.4. The van der Waals surface area contributed by atoms with E-state index in [-0.39, 0.29) is 6.10 Å². The SMILES string of the molecule is CC(C)C[C@@H](Oc1ccc(Cl)cc1)[C@H](C)OC(=O)[C@H](C)NC(=O)OC(C)(C)C. The van der Waals surface area contributed by atoms with Gasteiger partial charge in [-0.2, -0.15) is 0 Å². The lowest BCUT2D eigenvalue weighted by molar-refractivity contribution is -0.155. The molecular formula is C21H32ClNO5. The summed E-state index contributed by atoms with van der Waals surface area (Å²) in [5.41, 5.74) is -0.643. The van der Waals surface area contributed by atoms with Gasteiger partial charge >= 0.3 is 12.1 Å². The molecule has 0 saturated heterocycles. The summed E-state index contributed by atoms with van der Waals surface area (Å²) in [6, 6.07) is 6.19. The molecule has 0 heterocycles. The second kappa shape index (κ2) is 10.6. The third-order valence-corrected chi connectivity index (χ3v) is 3.97. The monoisotopic (exact) mass is 413 g/mol. The van der Waals surface area contributed by atoms with Crippen molar-refractivity contribution in [2.24, 2.45) is 5.92 Å². The van der Waals surface area contributed by atoms with Crippen LogP contribution in [0.5, 0.6) is 5.75 Å². The van der Waals surface area contributed by atoms with E-state index < -0.39 is 29.8 Å². The van der Waals surface area contributed by atoms with Crippen LogP contribution in [-0.2, 0) is 14.3 Å². The Labute approximate surface area is 172 Å². The molecule has 7 heteroatoms. The summed E-state index contributed by atoms with van der Waals surface area (Å²) in [6.45, 7) is 12.7. The van der Waals surface area contributed by atoms with Gasteiger partial charge in [0.05, 0.1) is 0 Å². The molecule has 6 nitrogen and oxygen atoms in total. The van der Waals surface area contributed by atoms with E-state index in [4.69, 9.17) is 25.8 Å². The van der Waals surface area contributed by atoms with Crippen LogP contribution in [0.4, 0.5) is 4.79 Å². The average molecular weight is 414 g/mol. The molecule has 0 aliphatic heterocycles. The molecule has 3 atom stereocenters. The number of esters is 1. The second-order valence-corrected chi connectivity index (χ2v) is 8.69. The average Bonchev–Trinajstić information content (AvgIpc) is 2.53. The van der Waals surface area contributed by atoms with Crippen molar-refractivity contribution in [3.63, 3.8) is 0 Å². The first kappa shape index (κ1) is 24.1. The smallest absolute Gasteiger partial charge is 0.408 e. The first-order chi connectivity index (χ1) is 12.9. The highest BCUT2D eigenvalue weighted by atomic mass is 35.5. The van der Waals surface area contributed by atoms with Crippen LogP contribution in [-0.4, -0.2) is 35.9 Å². The number of carbonyl (C=O) groups excluding carboxylic acids is 2. The van der Waals surface area contributed by atoms with E-state index in [9.17, 15) is 9.59 Å². The zero-order valence-corrected chi connectivity index (χ0v) is 18.5. The van der Waals surface area contributed by atoms with E-state index in [1.54, 1.807) is 58.9 Å². The van der Waals surface area contributed by atoms with Crippen LogP contribution >= 0.6 is 11.6 Å². The van der Waals surface area contributed by atoms with Crippen molar-refractivity contribution < 1.29 is 23.8 Å². The summed E-state index contributed by atoms with van der Waals surface area (Å²) in [6.07, 6.45) is -0.807. The Kier molecular flexibility index (Phi) is 9.08. The van der Waals surface area contributed by atoms with Gasteiger partial charge < -0.3 is 19.5 Å². The molecule has 158 valence electrons. The topological polar surface area (TPSA) is 73.9 Å². The summed E-state index contributed by atoms with van der Waals surface area (Å²) in [5.74, 6) is 0.445. The van der Waals surface area contributed by atoms with E-state index in [0.29, 0.717) is 23.1 Å². The van der Waals surface area contributed by atoms with Crippen LogP contribution in [0.2, 0.25) is 5.02 Å². The zero-order chi connectivity index (χ0) is 21.5. The predicted molar refractivity (Wildman–Crippen MR) is 110 cm³/mol. The molecule has 1 aromatic carbocycles. The van der Waals surface area contributed by atoms with Crippen LogP contribution < -0.4 is 10.1 Å². The Morgan fingerprint density at radius 2 is 1.64 bits per heavy atom. The van der Waals surface area contributed by atoms with Crippen LogP contribution in [0.25, 0.3) is 0 Å². The van der Waals surface area contributed by atoms with Gasteiger partial charge in [-0.15, -0.1) is 0 Å². The van der Waals surface area contributed by atoms with E-state index in [2.05, 4.69) is 19.2 Å². The van der Waals surface area contributed by atoms with Crippen LogP contribution in [0.15, 0.2) is 24.3 Å². The fraction of sp³-hybridized carbons (Fsp3) is 0.619. The van der Waals surface area contributed by atoms with Gasteiger partial charge in [0.25, 0.3) is 0 Å². The van der Waals surface area contributed by atoms with E-state index in [1.807, 2.05) is 0 Å². The molecule has 0 fully saturated rings. The molecule has 1 rings (SSSR count). The molecule has 28 heavy (non-hydrogen) atoms. The molecule has 0 spiro atoms. The van der Waals surface area contributed by atoms with Crippen molar-refractivity contribution in [2.75, 3.05) is 0 Å². The number of amides is 1. The van der Waals surface area contributed by atoms with Crippen LogP contribution in [0, 0.1) is 5.92 Å². The standard InChI is InChI=1S/C21H32ClNO5/c1-13(2)12-18(27-17-10-8-16(22)9-11-17)15(4)26-19(24)14(3)23-20(25)28-21(5,6)7/h8-11,13-15,18H,12H2,1-7H3,(H,23,25)/t14-,15-,18+/m0/s1. The third kappa shape index (κ3) is 9.31. The number of alkyl carbamates (subject to hydrolysis) is 1. The second-order valence-electron chi connectivity index (χ2n) is 8.25. The minimum absolute atomic E-state index is 0.334. The van der Waals surface area contributed by atoms with Crippen LogP contribution in [0.1, 0.15) is 54.9 Å².